The summed E-state index contributed by atoms with van der Waals surface area (Å²) in [4.78, 5) is 12.6. The summed E-state index contributed by atoms with van der Waals surface area (Å²) in [6, 6.07) is 13.8. The Bertz CT molecular complexity index is 1080. The molecule has 3 rings (SSSR count). The van der Waals surface area contributed by atoms with Crippen LogP contribution in [0.1, 0.15) is 25.5 Å². The molecule has 0 heterocycles. The molecule has 0 bridgehead atoms. The van der Waals surface area contributed by atoms with Gasteiger partial charge >= 0.3 is 12.1 Å². The number of para-hydroxylation sites is 1. The molecule has 3 atom stereocenters. The van der Waals surface area contributed by atoms with Gasteiger partial charge in [-0.3, -0.25) is 4.79 Å². The Morgan fingerprint density at radius 3 is 2.47 bits per heavy atom. The van der Waals surface area contributed by atoms with E-state index in [-0.39, 0.29) is 11.3 Å². The molecule has 4 nitrogen and oxygen atoms in total. The van der Waals surface area contributed by atoms with E-state index in [2.05, 4.69) is 0 Å². The predicted molar refractivity (Wildman–Crippen MR) is 108 cm³/mol. The number of hydrogen-bond acceptors (Lipinski definition) is 4. The Labute approximate surface area is 187 Å². The lowest BCUT2D eigenvalue weighted by Gasteiger charge is -2.14. The highest BCUT2D eigenvalue weighted by molar-refractivity contribution is 6.30. The van der Waals surface area contributed by atoms with Crippen molar-refractivity contribution in [3.8, 4) is 17.6 Å². The monoisotopic (exact) mass is 467 g/mol. The van der Waals surface area contributed by atoms with Crippen LogP contribution in [0.25, 0.3) is 0 Å². The number of nitriles is 1. The van der Waals surface area contributed by atoms with Crippen molar-refractivity contribution < 1.29 is 31.8 Å². The summed E-state index contributed by atoms with van der Waals surface area (Å²) in [5.41, 5.74) is -0.667. The highest BCUT2D eigenvalue weighted by atomic mass is 35.5. The first kappa shape index (κ1) is 23.6. The average Bonchev–Trinajstić information content (AvgIpc) is 3.27. The Balaban J connectivity index is 1.76. The smallest absolute Gasteiger partial charge is 0.426 e. The zero-order valence-corrected chi connectivity index (χ0v) is 17.7. The Morgan fingerprint density at radius 2 is 1.88 bits per heavy atom. The first-order valence-corrected chi connectivity index (χ1v) is 9.90. The molecule has 0 unspecified atom stereocenters. The molecule has 0 saturated heterocycles. The average molecular weight is 468 g/mol. The lowest BCUT2D eigenvalue weighted by atomic mass is 10.1. The van der Waals surface area contributed by atoms with Crippen molar-refractivity contribution in [1.82, 2.24) is 0 Å². The summed E-state index contributed by atoms with van der Waals surface area (Å²) < 4.78 is 63.1. The molecule has 32 heavy (non-hydrogen) atoms. The van der Waals surface area contributed by atoms with Crippen molar-refractivity contribution >= 4 is 17.6 Å². The number of halogens is 5. The molecule has 0 aromatic heterocycles. The van der Waals surface area contributed by atoms with E-state index in [0.717, 1.165) is 12.1 Å². The van der Waals surface area contributed by atoms with Crippen molar-refractivity contribution in [2.45, 2.75) is 26.1 Å². The molecular formula is C23H18ClF4NO3. The summed E-state index contributed by atoms with van der Waals surface area (Å²) in [5, 5.41) is 8.17. The molecule has 1 fully saturated rings. The largest absolute Gasteiger partial charge is 0.454 e. The van der Waals surface area contributed by atoms with Gasteiger partial charge in [0, 0.05) is 5.56 Å². The third-order valence-corrected chi connectivity index (χ3v) is 5.68. The number of carbonyl (C=O) groups excluding carboxylic acids is 1. The van der Waals surface area contributed by atoms with Gasteiger partial charge in [0.25, 0.3) is 0 Å². The number of rotatable bonds is 6. The number of allylic oxidation sites excluding steroid dienone is 2. The Kier molecular flexibility index (Phi) is 6.51. The van der Waals surface area contributed by atoms with E-state index >= 15 is 0 Å². The minimum Gasteiger partial charge on any atom is -0.454 e. The fraction of sp³-hybridized carbons (Fsp3) is 0.304. The van der Waals surface area contributed by atoms with E-state index in [1.54, 1.807) is 44.2 Å². The number of esters is 1. The molecule has 1 saturated carbocycles. The van der Waals surface area contributed by atoms with Crippen LogP contribution in [0.15, 0.2) is 59.6 Å². The van der Waals surface area contributed by atoms with Gasteiger partial charge in [-0.2, -0.15) is 18.4 Å². The number of nitrogens with zero attached hydrogens (tertiary/aromatic N) is 1. The zero-order valence-electron chi connectivity index (χ0n) is 17.0. The molecule has 2 aromatic rings. The molecule has 168 valence electrons. The maximum atomic E-state index is 14.2. The van der Waals surface area contributed by atoms with Crippen LogP contribution >= 0.6 is 11.6 Å². The van der Waals surface area contributed by atoms with Crippen molar-refractivity contribution in [3.63, 3.8) is 0 Å². The lowest BCUT2D eigenvalue weighted by Crippen LogP contribution is -2.15. The lowest BCUT2D eigenvalue weighted by molar-refractivity contribution is -0.149. The summed E-state index contributed by atoms with van der Waals surface area (Å²) in [6.07, 6.45) is -5.33. The van der Waals surface area contributed by atoms with Crippen LogP contribution in [-0.2, 0) is 9.53 Å². The van der Waals surface area contributed by atoms with Gasteiger partial charge in [-0.05, 0) is 35.6 Å². The standard InChI is InChI=1S/C23H18ClF4NO3/c1-22(2)15(11-19(24)23(26,27)28)20(22)21(30)32-18(12-29)13-8-9-16(25)17(10-13)31-14-6-4-3-5-7-14/h3-11,15,18,20H,1-2H3/b19-11-/t15-,18+,20-/m0/s1. The van der Waals surface area contributed by atoms with Gasteiger partial charge in [0.1, 0.15) is 16.9 Å². The third-order valence-electron chi connectivity index (χ3n) is 5.34. The summed E-state index contributed by atoms with van der Waals surface area (Å²) >= 11 is 5.30. The third kappa shape index (κ3) is 5.05. The maximum absolute atomic E-state index is 14.2. The Morgan fingerprint density at radius 1 is 1.22 bits per heavy atom. The molecule has 0 radical (unpaired) electrons. The van der Waals surface area contributed by atoms with Crippen LogP contribution in [0.5, 0.6) is 11.5 Å². The van der Waals surface area contributed by atoms with E-state index < -0.39 is 46.3 Å². The fourth-order valence-electron chi connectivity index (χ4n) is 3.43. The number of ether oxygens (including phenoxy) is 2. The number of alkyl halides is 3. The fourth-order valence-corrected chi connectivity index (χ4v) is 3.56. The molecule has 9 heteroatoms. The van der Waals surface area contributed by atoms with E-state index in [0.29, 0.717) is 5.75 Å². The van der Waals surface area contributed by atoms with Crippen molar-refractivity contribution in [2.24, 2.45) is 17.3 Å². The van der Waals surface area contributed by atoms with Crippen LogP contribution in [-0.4, -0.2) is 12.1 Å². The molecular weight excluding hydrogens is 450 g/mol. The molecule has 0 amide bonds. The first-order chi connectivity index (χ1) is 14.9. The highest BCUT2D eigenvalue weighted by Crippen LogP contribution is 2.60. The summed E-state index contributed by atoms with van der Waals surface area (Å²) in [6.45, 7) is 3.21. The van der Waals surface area contributed by atoms with Crippen molar-refractivity contribution in [3.05, 3.63) is 71.0 Å². The minimum atomic E-state index is -4.72. The van der Waals surface area contributed by atoms with Gasteiger partial charge in [0.15, 0.2) is 11.6 Å². The normalized spacial score (nSPS) is 20.8. The molecule has 1 aliphatic carbocycles. The van der Waals surface area contributed by atoms with E-state index in [9.17, 15) is 27.6 Å². The highest BCUT2D eigenvalue weighted by Gasteiger charge is 2.62. The summed E-state index contributed by atoms with van der Waals surface area (Å²) in [7, 11) is 0. The molecule has 0 N–H and O–H groups in total. The van der Waals surface area contributed by atoms with Gasteiger partial charge in [-0.15, -0.1) is 0 Å². The quantitative estimate of drug-likeness (QED) is 0.351. The van der Waals surface area contributed by atoms with Crippen molar-refractivity contribution in [2.75, 3.05) is 0 Å². The zero-order chi connectivity index (χ0) is 23.7. The first-order valence-electron chi connectivity index (χ1n) is 9.52. The Hall–Kier alpha value is -3.05. The number of benzene rings is 2. The number of carbonyl (C=O) groups is 1. The second-order valence-corrected chi connectivity index (χ2v) is 8.30. The maximum Gasteiger partial charge on any atom is 0.426 e. The summed E-state index contributed by atoms with van der Waals surface area (Å²) in [5.74, 6) is -3.04. The van der Waals surface area contributed by atoms with Gasteiger partial charge in [0.2, 0.25) is 6.10 Å². The molecule has 0 aliphatic heterocycles. The van der Waals surface area contributed by atoms with Crippen LogP contribution < -0.4 is 4.74 Å². The van der Waals surface area contributed by atoms with Crippen LogP contribution in [0, 0.1) is 34.4 Å². The topological polar surface area (TPSA) is 59.3 Å². The number of hydrogen-bond donors (Lipinski definition) is 0. The van der Waals surface area contributed by atoms with Crippen LogP contribution in [0.4, 0.5) is 17.6 Å². The van der Waals surface area contributed by atoms with Crippen molar-refractivity contribution in [1.29, 1.82) is 5.26 Å². The van der Waals surface area contributed by atoms with Crippen LogP contribution in [0.2, 0.25) is 0 Å². The molecule has 0 spiro atoms. The van der Waals surface area contributed by atoms with Gasteiger partial charge < -0.3 is 9.47 Å². The predicted octanol–water partition coefficient (Wildman–Crippen LogP) is 6.68. The second-order valence-electron chi connectivity index (χ2n) is 7.89. The van der Waals surface area contributed by atoms with Gasteiger partial charge in [-0.25, -0.2) is 4.39 Å². The van der Waals surface area contributed by atoms with Crippen LogP contribution in [0.3, 0.4) is 0 Å². The molecule has 2 aromatic carbocycles. The SMILES string of the molecule is CC1(C)[C@H](C(=O)O[C@H](C#N)c2ccc(F)c(Oc3ccccc3)c2)[C@@H]1/C=C(\Cl)C(F)(F)F. The van der Waals surface area contributed by atoms with E-state index in [4.69, 9.17) is 21.1 Å². The molecule has 1 aliphatic rings. The second kappa shape index (κ2) is 8.83. The van der Waals surface area contributed by atoms with E-state index in [1.807, 2.05) is 6.07 Å². The van der Waals surface area contributed by atoms with Gasteiger partial charge in [0.05, 0.1) is 5.92 Å². The van der Waals surface area contributed by atoms with E-state index in [1.165, 1.54) is 12.1 Å². The van der Waals surface area contributed by atoms with Gasteiger partial charge in [-0.1, -0.05) is 55.8 Å². The minimum absolute atomic E-state index is 0.159.